The van der Waals surface area contributed by atoms with Crippen LogP contribution in [0.15, 0.2) is 0 Å². The summed E-state index contributed by atoms with van der Waals surface area (Å²) in [4.78, 5) is 0. The van der Waals surface area contributed by atoms with E-state index in [1.807, 2.05) is 0 Å². The van der Waals surface area contributed by atoms with Gasteiger partial charge in [0, 0.05) is 13.2 Å². The second-order valence-electron chi connectivity index (χ2n) is 3.30. The highest BCUT2D eigenvalue weighted by Crippen LogP contribution is 2.08. The molecule has 0 radical (unpaired) electrons. The number of hydrogen-bond donors (Lipinski definition) is 2. The molecule has 0 amide bonds. The Hall–Kier alpha value is -0.200. The van der Waals surface area contributed by atoms with E-state index in [0.717, 1.165) is 6.61 Å². The molecule has 2 N–H and O–H groups in total. The Morgan fingerprint density at radius 2 is 2.07 bits per heavy atom. The van der Waals surface area contributed by atoms with Crippen LogP contribution in [0.3, 0.4) is 0 Å². The summed E-state index contributed by atoms with van der Waals surface area (Å²) >= 11 is 0. The van der Waals surface area contributed by atoms with E-state index in [1.165, 1.54) is 0 Å². The second-order valence-corrected chi connectivity index (χ2v) is 3.30. The van der Waals surface area contributed by atoms with Crippen molar-refractivity contribution in [2.24, 2.45) is 0 Å². The first-order valence-electron chi connectivity index (χ1n) is 4.89. The lowest BCUT2D eigenvalue weighted by atomic mass is 10.4. The molecule has 1 saturated heterocycles. The van der Waals surface area contributed by atoms with Gasteiger partial charge in [-0.2, -0.15) is 0 Å². The highest BCUT2D eigenvalue weighted by atomic mass is 16.6. The quantitative estimate of drug-likeness (QED) is 0.380. The lowest BCUT2D eigenvalue weighted by Gasteiger charge is -2.10. The first-order chi connectivity index (χ1) is 6.83. The SMILES string of the molecule is OCCCOCC(O)COCC1CO1. The number of ether oxygens (including phenoxy) is 3. The highest BCUT2D eigenvalue weighted by Gasteiger charge is 2.22. The van der Waals surface area contributed by atoms with E-state index < -0.39 is 6.10 Å². The van der Waals surface area contributed by atoms with Gasteiger partial charge in [0.25, 0.3) is 0 Å². The topological polar surface area (TPSA) is 71.5 Å². The molecule has 14 heavy (non-hydrogen) atoms. The van der Waals surface area contributed by atoms with Gasteiger partial charge < -0.3 is 24.4 Å². The molecule has 1 fully saturated rings. The molecule has 0 aliphatic carbocycles. The van der Waals surface area contributed by atoms with Gasteiger partial charge in [0.05, 0.1) is 26.4 Å². The van der Waals surface area contributed by atoms with Crippen LogP contribution in [0.1, 0.15) is 6.42 Å². The molecule has 1 rings (SSSR count). The lowest BCUT2D eigenvalue weighted by molar-refractivity contribution is -0.0233. The molecule has 0 aromatic heterocycles. The first-order valence-corrected chi connectivity index (χ1v) is 4.89. The molecule has 0 spiro atoms. The third-order valence-electron chi connectivity index (χ3n) is 1.77. The van der Waals surface area contributed by atoms with E-state index in [-0.39, 0.29) is 25.9 Å². The summed E-state index contributed by atoms with van der Waals surface area (Å²) in [5, 5.41) is 17.8. The van der Waals surface area contributed by atoms with Gasteiger partial charge in [0.1, 0.15) is 12.2 Å². The van der Waals surface area contributed by atoms with E-state index in [0.29, 0.717) is 19.6 Å². The first kappa shape index (κ1) is 11.9. The Bertz CT molecular complexity index is 137. The zero-order chi connectivity index (χ0) is 10.2. The molecule has 5 heteroatoms. The Kier molecular flexibility index (Phi) is 6.05. The zero-order valence-electron chi connectivity index (χ0n) is 8.22. The molecular weight excluding hydrogens is 188 g/mol. The predicted molar refractivity (Wildman–Crippen MR) is 49.1 cm³/mol. The van der Waals surface area contributed by atoms with E-state index in [1.54, 1.807) is 0 Å². The van der Waals surface area contributed by atoms with Crippen LogP contribution in [0, 0.1) is 0 Å². The fourth-order valence-corrected chi connectivity index (χ4v) is 0.934. The molecule has 0 saturated carbocycles. The average molecular weight is 206 g/mol. The van der Waals surface area contributed by atoms with Crippen LogP contribution in [-0.2, 0) is 14.2 Å². The van der Waals surface area contributed by atoms with Crippen molar-refractivity contribution < 1.29 is 24.4 Å². The standard InChI is InChI=1S/C9H18O5/c10-2-1-3-12-4-8(11)5-13-6-9-7-14-9/h8-11H,1-7H2. The Labute approximate surface area is 83.6 Å². The maximum Gasteiger partial charge on any atom is 0.104 e. The monoisotopic (exact) mass is 206 g/mol. The summed E-state index contributed by atoms with van der Waals surface area (Å²) in [5.41, 5.74) is 0. The average Bonchev–Trinajstić information content (AvgIpc) is 2.96. The van der Waals surface area contributed by atoms with Crippen molar-refractivity contribution in [3.05, 3.63) is 0 Å². The second kappa shape index (κ2) is 7.14. The molecule has 0 aromatic rings. The van der Waals surface area contributed by atoms with Crippen molar-refractivity contribution in [2.45, 2.75) is 18.6 Å². The number of aliphatic hydroxyl groups excluding tert-OH is 2. The van der Waals surface area contributed by atoms with Crippen molar-refractivity contribution in [3.8, 4) is 0 Å². The van der Waals surface area contributed by atoms with E-state index >= 15 is 0 Å². The van der Waals surface area contributed by atoms with Crippen molar-refractivity contribution in [1.82, 2.24) is 0 Å². The fourth-order valence-electron chi connectivity index (χ4n) is 0.934. The normalized spacial score (nSPS) is 22.3. The van der Waals surface area contributed by atoms with Crippen molar-refractivity contribution in [3.63, 3.8) is 0 Å². The van der Waals surface area contributed by atoms with Gasteiger partial charge in [-0.05, 0) is 6.42 Å². The minimum absolute atomic E-state index is 0.117. The number of aliphatic hydroxyl groups is 2. The molecule has 0 aromatic carbocycles. The van der Waals surface area contributed by atoms with Crippen LogP contribution in [0.25, 0.3) is 0 Å². The van der Waals surface area contributed by atoms with Crippen LogP contribution >= 0.6 is 0 Å². The minimum atomic E-state index is -0.590. The third kappa shape index (κ3) is 6.28. The molecule has 1 heterocycles. The van der Waals surface area contributed by atoms with Gasteiger partial charge in [0.15, 0.2) is 0 Å². The van der Waals surface area contributed by atoms with Crippen molar-refractivity contribution in [2.75, 3.05) is 39.6 Å². The molecule has 5 nitrogen and oxygen atoms in total. The summed E-state index contributed by atoms with van der Waals surface area (Å²) in [6.07, 6.45) is 0.244. The molecule has 2 atom stereocenters. The Balaban J connectivity index is 1.79. The Morgan fingerprint density at radius 1 is 1.36 bits per heavy atom. The highest BCUT2D eigenvalue weighted by molar-refractivity contribution is 4.67. The zero-order valence-corrected chi connectivity index (χ0v) is 8.22. The fraction of sp³-hybridized carbons (Fsp3) is 1.00. The summed E-state index contributed by atoms with van der Waals surface area (Å²) in [6, 6.07) is 0. The summed E-state index contributed by atoms with van der Waals surface area (Å²) in [6.45, 7) is 2.44. The summed E-state index contributed by atoms with van der Waals surface area (Å²) in [7, 11) is 0. The van der Waals surface area contributed by atoms with Gasteiger partial charge in [-0.15, -0.1) is 0 Å². The maximum absolute atomic E-state index is 9.33. The molecule has 0 bridgehead atoms. The molecular formula is C9H18O5. The van der Waals surface area contributed by atoms with Crippen molar-refractivity contribution >= 4 is 0 Å². The summed E-state index contributed by atoms with van der Waals surface area (Å²) in [5.74, 6) is 0. The van der Waals surface area contributed by atoms with Crippen LogP contribution in [0.2, 0.25) is 0 Å². The van der Waals surface area contributed by atoms with E-state index in [4.69, 9.17) is 19.3 Å². The van der Waals surface area contributed by atoms with Crippen LogP contribution in [0.4, 0.5) is 0 Å². The van der Waals surface area contributed by atoms with Gasteiger partial charge in [-0.3, -0.25) is 0 Å². The van der Waals surface area contributed by atoms with Gasteiger partial charge in [-0.25, -0.2) is 0 Å². The largest absolute Gasteiger partial charge is 0.396 e. The van der Waals surface area contributed by atoms with Gasteiger partial charge in [0.2, 0.25) is 0 Å². The number of epoxide rings is 1. The lowest BCUT2D eigenvalue weighted by Crippen LogP contribution is -2.23. The smallest absolute Gasteiger partial charge is 0.104 e. The van der Waals surface area contributed by atoms with Crippen molar-refractivity contribution in [1.29, 1.82) is 0 Å². The molecule has 2 unspecified atom stereocenters. The Morgan fingerprint density at radius 3 is 2.71 bits per heavy atom. The molecule has 1 aliphatic heterocycles. The van der Waals surface area contributed by atoms with E-state index in [9.17, 15) is 5.11 Å². The maximum atomic E-state index is 9.33. The summed E-state index contributed by atoms with van der Waals surface area (Å²) < 4.78 is 15.2. The van der Waals surface area contributed by atoms with Gasteiger partial charge in [-0.1, -0.05) is 0 Å². The number of rotatable bonds is 9. The van der Waals surface area contributed by atoms with Crippen LogP contribution < -0.4 is 0 Å². The van der Waals surface area contributed by atoms with E-state index in [2.05, 4.69) is 0 Å². The van der Waals surface area contributed by atoms with Crippen LogP contribution in [-0.4, -0.2) is 62.1 Å². The molecule has 84 valence electrons. The molecule has 1 aliphatic rings. The predicted octanol–water partition coefficient (Wildman–Crippen LogP) is -0.838. The minimum Gasteiger partial charge on any atom is -0.396 e. The number of hydrogen-bond acceptors (Lipinski definition) is 5. The van der Waals surface area contributed by atoms with Gasteiger partial charge >= 0.3 is 0 Å². The van der Waals surface area contributed by atoms with Crippen LogP contribution in [0.5, 0.6) is 0 Å². The third-order valence-corrected chi connectivity index (χ3v) is 1.77.